The minimum absolute atomic E-state index is 0.0562. The van der Waals surface area contributed by atoms with Gasteiger partial charge in [-0.15, -0.1) is 0 Å². The third-order valence-corrected chi connectivity index (χ3v) is 4.75. The molecule has 2 aromatic carbocycles. The zero-order valence-electron chi connectivity index (χ0n) is 17.8. The lowest BCUT2D eigenvalue weighted by Gasteiger charge is -2.25. The molecule has 0 aromatic heterocycles. The summed E-state index contributed by atoms with van der Waals surface area (Å²) in [7, 11) is 1.45. The maximum atomic E-state index is 12.5. The topological polar surface area (TPSA) is 117 Å². The van der Waals surface area contributed by atoms with Crippen LogP contribution in [0.25, 0.3) is 0 Å². The SMILES string of the molecule is COc1ccc([C@@H](OC(=O)Nc2ccc(C)cc2)[C@@H](C)CC/C=C/C(=O)NO)cc1O. The summed E-state index contributed by atoms with van der Waals surface area (Å²) in [5, 5.41) is 21.4. The average molecular weight is 428 g/mol. The first-order valence-electron chi connectivity index (χ1n) is 9.85. The molecule has 8 heteroatoms. The Morgan fingerprint density at radius 1 is 1.16 bits per heavy atom. The number of allylic oxidation sites excluding steroid dienone is 1. The third kappa shape index (κ3) is 7.35. The fraction of sp³-hybridized carbons (Fsp3) is 0.304. The van der Waals surface area contributed by atoms with Crippen molar-refractivity contribution in [1.29, 1.82) is 0 Å². The van der Waals surface area contributed by atoms with Crippen LogP contribution in [0, 0.1) is 12.8 Å². The number of methoxy groups -OCH3 is 1. The van der Waals surface area contributed by atoms with Gasteiger partial charge in [0.05, 0.1) is 7.11 Å². The lowest BCUT2D eigenvalue weighted by atomic mass is 9.92. The molecule has 0 spiro atoms. The summed E-state index contributed by atoms with van der Waals surface area (Å²) in [6, 6.07) is 12.2. The number of aryl methyl sites for hydroxylation is 1. The molecule has 0 saturated heterocycles. The van der Waals surface area contributed by atoms with E-state index in [1.807, 2.05) is 26.0 Å². The van der Waals surface area contributed by atoms with Crippen LogP contribution in [-0.4, -0.2) is 29.4 Å². The van der Waals surface area contributed by atoms with Crippen molar-refractivity contribution in [2.45, 2.75) is 32.8 Å². The van der Waals surface area contributed by atoms with Crippen molar-refractivity contribution in [3.63, 3.8) is 0 Å². The monoisotopic (exact) mass is 428 g/mol. The van der Waals surface area contributed by atoms with Crippen LogP contribution in [0.2, 0.25) is 0 Å². The van der Waals surface area contributed by atoms with E-state index >= 15 is 0 Å². The number of phenols is 1. The second-order valence-corrected chi connectivity index (χ2v) is 7.18. The molecule has 0 aliphatic rings. The Morgan fingerprint density at radius 3 is 2.48 bits per heavy atom. The summed E-state index contributed by atoms with van der Waals surface area (Å²) >= 11 is 0. The third-order valence-electron chi connectivity index (χ3n) is 4.75. The highest BCUT2D eigenvalue weighted by Gasteiger charge is 2.24. The van der Waals surface area contributed by atoms with Crippen LogP contribution in [0.1, 0.15) is 37.0 Å². The van der Waals surface area contributed by atoms with Gasteiger partial charge in [-0.2, -0.15) is 0 Å². The van der Waals surface area contributed by atoms with E-state index in [1.165, 1.54) is 24.7 Å². The number of ether oxygens (including phenoxy) is 2. The van der Waals surface area contributed by atoms with Crippen molar-refractivity contribution in [1.82, 2.24) is 5.48 Å². The van der Waals surface area contributed by atoms with Gasteiger partial charge < -0.3 is 14.6 Å². The second-order valence-electron chi connectivity index (χ2n) is 7.18. The second kappa shape index (κ2) is 11.6. The number of rotatable bonds is 9. The zero-order valence-corrected chi connectivity index (χ0v) is 17.8. The summed E-state index contributed by atoms with van der Waals surface area (Å²) in [5.41, 5.74) is 3.82. The Kier molecular flexibility index (Phi) is 8.90. The molecular weight excluding hydrogens is 400 g/mol. The molecule has 2 amide bonds. The fourth-order valence-electron chi connectivity index (χ4n) is 3.03. The van der Waals surface area contributed by atoms with Crippen molar-refractivity contribution in [3.8, 4) is 11.5 Å². The van der Waals surface area contributed by atoms with Gasteiger partial charge in [-0.05, 0) is 55.5 Å². The first-order chi connectivity index (χ1) is 14.8. The van der Waals surface area contributed by atoms with Gasteiger partial charge in [-0.25, -0.2) is 10.3 Å². The first-order valence-corrected chi connectivity index (χ1v) is 9.85. The molecule has 2 atom stereocenters. The van der Waals surface area contributed by atoms with Crippen molar-refractivity contribution >= 4 is 17.7 Å². The van der Waals surface area contributed by atoms with Crippen LogP contribution in [0.15, 0.2) is 54.6 Å². The van der Waals surface area contributed by atoms with E-state index in [2.05, 4.69) is 5.32 Å². The first kappa shape index (κ1) is 23.8. The molecule has 166 valence electrons. The number of carbonyl (C=O) groups excluding carboxylic acids is 2. The van der Waals surface area contributed by atoms with E-state index in [-0.39, 0.29) is 11.7 Å². The van der Waals surface area contributed by atoms with Gasteiger partial charge in [0.2, 0.25) is 0 Å². The van der Waals surface area contributed by atoms with E-state index in [9.17, 15) is 14.7 Å². The maximum absolute atomic E-state index is 12.5. The van der Waals surface area contributed by atoms with Crippen LogP contribution >= 0.6 is 0 Å². The number of aromatic hydroxyl groups is 1. The lowest BCUT2D eigenvalue weighted by Crippen LogP contribution is -2.22. The van der Waals surface area contributed by atoms with Gasteiger partial charge in [-0.3, -0.25) is 15.3 Å². The molecule has 0 aliphatic heterocycles. The number of phenolic OH excluding ortho intramolecular Hbond substituents is 1. The summed E-state index contributed by atoms with van der Waals surface area (Å²) in [6.45, 7) is 3.86. The Balaban J connectivity index is 2.15. The van der Waals surface area contributed by atoms with Gasteiger partial charge in [0.25, 0.3) is 5.91 Å². The molecule has 2 aromatic rings. The highest BCUT2D eigenvalue weighted by molar-refractivity contribution is 5.86. The van der Waals surface area contributed by atoms with Crippen molar-refractivity contribution < 1.29 is 29.4 Å². The van der Waals surface area contributed by atoms with Crippen LogP contribution in [0.5, 0.6) is 11.5 Å². The van der Waals surface area contributed by atoms with Crippen LogP contribution < -0.4 is 15.5 Å². The summed E-state index contributed by atoms with van der Waals surface area (Å²) in [5.74, 6) is -0.493. The number of benzene rings is 2. The fourth-order valence-corrected chi connectivity index (χ4v) is 3.03. The molecular formula is C23H28N2O6. The number of hydroxylamine groups is 1. The summed E-state index contributed by atoms with van der Waals surface area (Å²) in [4.78, 5) is 23.6. The highest BCUT2D eigenvalue weighted by atomic mass is 16.6. The molecule has 0 saturated carbocycles. The predicted octanol–water partition coefficient (Wildman–Crippen LogP) is 4.48. The molecule has 0 radical (unpaired) electrons. The molecule has 2 rings (SSSR count). The Labute approximate surface area is 181 Å². The van der Waals surface area contributed by atoms with E-state index in [1.54, 1.807) is 30.3 Å². The average Bonchev–Trinajstić information content (AvgIpc) is 2.76. The molecule has 0 aliphatic carbocycles. The Hall–Kier alpha value is -3.52. The largest absolute Gasteiger partial charge is 0.504 e. The number of nitrogens with one attached hydrogen (secondary N) is 2. The summed E-state index contributed by atoms with van der Waals surface area (Å²) < 4.78 is 10.8. The molecule has 31 heavy (non-hydrogen) atoms. The van der Waals surface area contributed by atoms with E-state index in [0.29, 0.717) is 29.8 Å². The van der Waals surface area contributed by atoms with Crippen molar-refractivity contribution in [2.24, 2.45) is 5.92 Å². The minimum atomic E-state index is -0.651. The lowest BCUT2D eigenvalue weighted by molar-refractivity contribution is -0.124. The number of hydrogen-bond acceptors (Lipinski definition) is 6. The van der Waals surface area contributed by atoms with E-state index in [4.69, 9.17) is 14.7 Å². The Morgan fingerprint density at radius 2 is 1.87 bits per heavy atom. The zero-order chi connectivity index (χ0) is 22.8. The van der Waals surface area contributed by atoms with E-state index < -0.39 is 18.1 Å². The van der Waals surface area contributed by atoms with Gasteiger partial charge in [0, 0.05) is 11.8 Å². The van der Waals surface area contributed by atoms with Crippen LogP contribution in [0.4, 0.5) is 10.5 Å². The van der Waals surface area contributed by atoms with Crippen LogP contribution in [-0.2, 0) is 9.53 Å². The molecule has 0 fully saturated rings. The van der Waals surface area contributed by atoms with E-state index in [0.717, 1.165) is 5.56 Å². The summed E-state index contributed by atoms with van der Waals surface area (Å²) in [6.07, 6.45) is 2.69. The minimum Gasteiger partial charge on any atom is -0.504 e. The van der Waals surface area contributed by atoms with Gasteiger partial charge in [0.1, 0.15) is 6.10 Å². The number of anilines is 1. The maximum Gasteiger partial charge on any atom is 0.412 e. The van der Waals surface area contributed by atoms with Crippen molar-refractivity contribution in [3.05, 3.63) is 65.7 Å². The van der Waals surface area contributed by atoms with Crippen molar-refractivity contribution in [2.75, 3.05) is 12.4 Å². The molecule has 4 N–H and O–H groups in total. The normalized spacial score (nSPS) is 12.8. The smallest absolute Gasteiger partial charge is 0.412 e. The molecule has 0 unspecified atom stereocenters. The van der Waals surface area contributed by atoms with Gasteiger partial charge >= 0.3 is 6.09 Å². The van der Waals surface area contributed by atoms with Gasteiger partial charge in [-0.1, -0.05) is 36.8 Å². The predicted molar refractivity (Wildman–Crippen MR) is 116 cm³/mol. The standard InChI is InChI=1S/C23H28N2O6/c1-15-8-11-18(12-9-15)24-23(28)31-22(16(2)6-4-5-7-21(27)25-29)17-10-13-20(30-3)19(26)14-17/h5,7-14,16,22,26,29H,4,6H2,1-3H3,(H,24,28)(H,25,27)/b7-5+/t16-,22-/m0/s1. The quantitative estimate of drug-likeness (QED) is 0.266. The highest BCUT2D eigenvalue weighted by Crippen LogP contribution is 2.35. The Bertz CT molecular complexity index is 911. The number of hydrogen-bond donors (Lipinski definition) is 4. The van der Waals surface area contributed by atoms with Gasteiger partial charge in [0.15, 0.2) is 11.5 Å². The molecule has 0 heterocycles. The van der Waals surface area contributed by atoms with Crippen LogP contribution in [0.3, 0.4) is 0 Å². The molecule has 0 bridgehead atoms. The molecule has 8 nitrogen and oxygen atoms in total. The number of carbonyl (C=O) groups is 2. The number of amides is 2.